The van der Waals surface area contributed by atoms with Crippen LogP contribution in [0.4, 0.5) is 10.1 Å². The van der Waals surface area contributed by atoms with E-state index in [2.05, 4.69) is 22.2 Å². The van der Waals surface area contributed by atoms with Crippen molar-refractivity contribution in [3.8, 4) is 5.69 Å². The van der Waals surface area contributed by atoms with Crippen molar-refractivity contribution < 1.29 is 4.39 Å². The lowest BCUT2D eigenvalue weighted by Crippen LogP contribution is -2.22. The van der Waals surface area contributed by atoms with Crippen LogP contribution >= 0.6 is 0 Å². The molecule has 0 saturated heterocycles. The minimum absolute atomic E-state index is 0.295. The molecule has 0 aliphatic rings. The molecule has 5 nitrogen and oxygen atoms in total. The fraction of sp³-hybridized carbons (Fsp3) is 0.200. The van der Waals surface area contributed by atoms with Gasteiger partial charge in [-0.15, -0.1) is 0 Å². The first-order chi connectivity index (χ1) is 12.4. The second-order valence-electron chi connectivity index (χ2n) is 6.26. The summed E-state index contributed by atoms with van der Waals surface area (Å²) in [4.78, 5) is 8.41. The number of aromatic nitrogens is 2. The van der Waals surface area contributed by atoms with Crippen molar-refractivity contribution in [2.24, 2.45) is 10.7 Å². The molecule has 0 saturated carbocycles. The van der Waals surface area contributed by atoms with Gasteiger partial charge in [-0.25, -0.2) is 14.4 Å². The zero-order valence-corrected chi connectivity index (χ0v) is 15.1. The molecule has 0 aliphatic carbocycles. The lowest BCUT2D eigenvalue weighted by Gasteiger charge is -2.09. The van der Waals surface area contributed by atoms with E-state index in [1.54, 1.807) is 23.0 Å². The maximum atomic E-state index is 14.4. The van der Waals surface area contributed by atoms with E-state index in [0.29, 0.717) is 18.2 Å². The Morgan fingerprint density at radius 1 is 1.15 bits per heavy atom. The van der Waals surface area contributed by atoms with Crippen LogP contribution in [0.25, 0.3) is 5.69 Å². The molecular formula is C20H22FN5. The second-order valence-corrected chi connectivity index (χ2v) is 6.26. The molecule has 0 unspecified atom stereocenters. The third-order valence-electron chi connectivity index (χ3n) is 4.31. The van der Waals surface area contributed by atoms with Crippen molar-refractivity contribution in [2.45, 2.75) is 27.3 Å². The number of hydrogen-bond acceptors (Lipinski definition) is 2. The van der Waals surface area contributed by atoms with E-state index in [0.717, 1.165) is 17.1 Å². The maximum absolute atomic E-state index is 14.4. The minimum atomic E-state index is -0.320. The summed E-state index contributed by atoms with van der Waals surface area (Å²) in [6, 6.07) is 11.0. The average molecular weight is 351 g/mol. The van der Waals surface area contributed by atoms with E-state index in [4.69, 9.17) is 5.73 Å². The van der Waals surface area contributed by atoms with Crippen molar-refractivity contribution in [1.29, 1.82) is 0 Å². The largest absolute Gasteiger partial charge is 0.370 e. The third kappa shape index (κ3) is 3.91. The van der Waals surface area contributed by atoms with Crippen molar-refractivity contribution in [1.82, 2.24) is 9.55 Å². The number of rotatable bonds is 4. The molecule has 3 rings (SSSR count). The SMILES string of the molecule is Cc1ccc(NC(N)=NCc2ccc(-n3ccnc3C)c(F)c2)cc1C. The van der Waals surface area contributed by atoms with Crippen LogP contribution in [0.5, 0.6) is 0 Å². The van der Waals surface area contributed by atoms with Gasteiger partial charge in [-0.2, -0.15) is 0 Å². The lowest BCUT2D eigenvalue weighted by atomic mass is 10.1. The molecule has 0 fully saturated rings. The van der Waals surface area contributed by atoms with Crippen LogP contribution in [0.15, 0.2) is 53.8 Å². The predicted octanol–water partition coefficient (Wildman–Crippen LogP) is 3.86. The van der Waals surface area contributed by atoms with Gasteiger partial charge in [0.05, 0.1) is 12.2 Å². The van der Waals surface area contributed by atoms with Gasteiger partial charge >= 0.3 is 0 Å². The molecule has 3 N–H and O–H groups in total. The minimum Gasteiger partial charge on any atom is -0.370 e. The van der Waals surface area contributed by atoms with Crippen molar-refractivity contribution in [3.63, 3.8) is 0 Å². The molecule has 0 radical (unpaired) electrons. The van der Waals surface area contributed by atoms with E-state index >= 15 is 0 Å². The standard InChI is InChI=1S/C20H22FN5/c1-13-4-6-17(10-14(13)2)25-20(22)24-12-16-5-7-19(18(21)11-16)26-9-8-23-15(26)3/h4-11H,12H2,1-3H3,(H3,22,24,25). The Balaban J connectivity index is 1.70. The van der Waals surface area contributed by atoms with Crippen LogP contribution in [0.3, 0.4) is 0 Å². The number of nitrogens with two attached hydrogens (primary N) is 1. The Bertz CT molecular complexity index is 959. The van der Waals surface area contributed by atoms with Crippen molar-refractivity contribution >= 4 is 11.6 Å². The van der Waals surface area contributed by atoms with Gasteiger partial charge in [0.15, 0.2) is 5.96 Å². The number of imidazole rings is 1. The van der Waals surface area contributed by atoms with E-state index in [1.807, 2.05) is 38.1 Å². The molecule has 3 aromatic rings. The topological polar surface area (TPSA) is 68.2 Å². The molecule has 0 bridgehead atoms. The van der Waals surface area contributed by atoms with E-state index < -0.39 is 0 Å². The smallest absolute Gasteiger partial charge is 0.193 e. The lowest BCUT2D eigenvalue weighted by molar-refractivity contribution is 0.614. The molecule has 26 heavy (non-hydrogen) atoms. The highest BCUT2D eigenvalue weighted by molar-refractivity contribution is 5.92. The third-order valence-corrected chi connectivity index (χ3v) is 4.31. The highest BCUT2D eigenvalue weighted by atomic mass is 19.1. The van der Waals surface area contributed by atoms with E-state index in [9.17, 15) is 4.39 Å². The molecule has 0 spiro atoms. The highest BCUT2D eigenvalue weighted by Crippen LogP contribution is 2.17. The van der Waals surface area contributed by atoms with Crippen LogP contribution in [0.2, 0.25) is 0 Å². The quantitative estimate of drug-likeness (QED) is 0.554. The predicted molar refractivity (Wildman–Crippen MR) is 103 cm³/mol. The Morgan fingerprint density at radius 2 is 1.96 bits per heavy atom. The van der Waals surface area contributed by atoms with Gasteiger partial charge in [0.2, 0.25) is 0 Å². The summed E-state index contributed by atoms with van der Waals surface area (Å²) >= 11 is 0. The summed E-state index contributed by atoms with van der Waals surface area (Å²) in [6.45, 7) is 6.22. The van der Waals surface area contributed by atoms with Crippen LogP contribution in [-0.4, -0.2) is 15.5 Å². The Hall–Kier alpha value is -3.15. The number of guanidine groups is 1. The zero-order chi connectivity index (χ0) is 18.7. The summed E-state index contributed by atoms with van der Waals surface area (Å²) in [7, 11) is 0. The van der Waals surface area contributed by atoms with Crippen LogP contribution < -0.4 is 11.1 Å². The molecule has 1 heterocycles. The molecule has 134 valence electrons. The fourth-order valence-electron chi connectivity index (χ4n) is 2.66. The molecule has 6 heteroatoms. The molecule has 0 amide bonds. The summed E-state index contributed by atoms with van der Waals surface area (Å²) < 4.78 is 16.1. The molecular weight excluding hydrogens is 329 g/mol. The first-order valence-electron chi connectivity index (χ1n) is 8.37. The number of anilines is 1. The zero-order valence-electron chi connectivity index (χ0n) is 15.1. The molecule has 1 aromatic heterocycles. The summed E-state index contributed by atoms with van der Waals surface area (Å²) in [5.41, 5.74) is 10.4. The number of benzene rings is 2. The van der Waals surface area contributed by atoms with Gasteiger partial charge in [0.1, 0.15) is 11.6 Å². The molecule has 2 aromatic carbocycles. The fourth-order valence-corrected chi connectivity index (χ4v) is 2.66. The van der Waals surface area contributed by atoms with Gasteiger partial charge in [-0.1, -0.05) is 12.1 Å². The molecule has 0 atom stereocenters. The van der Waals surface area contributed by atoms with Gasteiger partial charge in [-0.05, 0) is 61.7 Å². The van der Waals surface area contributed by atoms with Gasteiger partial charge in [0, 0.05) is 18.1 Å². The maximum Gasteiger partial charge on any atom is 0.193 e. The number of nitrogens with zero attached hydrogens (tertiary/aromatic N) is 3. The van der Waals surface area contributed by atoms with Gasteiger partial charge in [0.25, 0.3) is 0 Å². The van der Waals surface area contributed by atoms with Gasteiger partial charge < -0.3 is 15.6 Å². The van der Waals surface area contributed by atoms with Crippen molar-refractivity contribution in [3.05, 3.63) is 77.1 Å². The number of aryl methyl sites for hydroxylation is 3. The normalized spacial score (nSPS) is 11.6. The molecule has 0 aliphatic heterocycles. The first kappa shape index (κ1) is 17.7. The van der Waals surface area contributed by atoms with Crippen LogP contribution in [0.1, 0.15) is 22.5 Å². The average Bonchev–Trinajstić information content (AvgIpc) is 3.02. The first-order valence-corrected chi connectivity index (χ1v) is 8.37. The summed E-state index contributed by atoms with van der Waals surface area (Å²) in [6.07, 6.45) is 3.38. The number of aliphatic imine (C=N–C) groups is 1. The highest BCUT2D eigenvalue weighted by Gasteiger charge is 2.08. The Morgan fingerprint density at radius 3 is 2.62 bits per heavy atom. The monoisotopic (exact) mass is 351 g/mol. The Kier molecular flexibility index (Phi) is 5.02. The number of nitrogens with one attached hydrogen (secondary N) is 1. The number of halogens is 1. The van der Waals surface area contributed by atoms with Gasteiger partial charge in [-0.3, -0.25) is 0 Å². The van der Waals surface area contributed by atoms with E-state index in [-0.39, 0.29) is 5.82 Å². The van der Waals surface area contributed by atoms with Crippen LogP contribution in [-0.2, 0) is 6.54 Å². The summed E-state index contributed by atoms with van der Waals surface area (Å²) in [5, 5.41) is 3.06. The Labute approximate surface area is 152 Å². The summed E-state index contributed by atoms with van der Waals surface area (Å²) in [5.74, 6) is 0.708. The number of hydrogen-bond donors (Lipinski definition) is 2. The van der Waals surface area contributed by atoms with Crippen molar-refractivity contribution in [2.75, 3.05) is 5.32 Å². The second kappa shape index (κ2) is 7.39. The van der Waals surface area contributed by atoms with Crippen LogP contribution in [0, 0.1) is 26.6 Å². The van der Waals surface area contributed by atoms with E-state index in [1.165, 1.54) is 17.2 Å².